The molecule has 1 aromatic carbocycles. The van der Waals surface area contributed by atoms with Gasteiger partial charge in [-0.05, 0) is 25.0 Å². The normalized spacial score (nSPS) is 13.8. The van der Waals surface area contributed by atoms with Crippen LogP contribution in [-0.4, -0.2) is 45.6 Å². The molecule has 3 rings (SSSR count). The fourth-order valence-electron chi connectivity index (χ4n) is 3.62. The zero-order valence-electron chi connectivity index (χ0n) is 18.4. The van der Waals surface area contributed by atoms with E-state index in [1.54, 1.807) is 0 Å². The van der Waals surface area contributed by atoms with Gasteiger partial charge in [0.15, 0.2) is 6.61 Å². The molecule has 2 aromatic rings. The molecule has 1 aromatic heterocycles. The largest absolute Gasteiger partial charge is 0.452 e. The Labute approximate surface area is 188 Å². The summed E-state index contributed by atoms with van der Waals surface area (Å²) in [5.74, 6) is -1.74. The Balaban J connectivity index is 1.69. The quantitative estimate of drug-likeness (QED) is 0.385. The molecule has 0 saturated carbocycles. The molecule has 0 spiro atoms. The monoisotopic (exact) mass is 459 g/mol. The van der Waals surface area contributed by atoms with Crippen LogP contribution >= 0.6 is 0 Å². The molecule has 176 valence electrons. The molecular formula is C21H25N5O7. The highest BCUT2D eigenvalue weighted by atomic mass is 16.6. The van der Waals surface area contributed by atoms with Crippen LogP contribution in [0.2, 0.25) is 0 Å². The number of rotatable bonds is 6. The van der Waals surface area contributed by atoms with Gasteiger partial charge < -0.3 is 15.0 Å². The molecule has 1 amide bonds. The molecule has 1 saturated heterocycles. The SMILES string of the molecule is Cn1c(NC(=O)COC(=O)c2ccc(N3CCCCCC3)c([N+](=O)[O-])c2)cc(=O)n(C)c1=O. The maximum atomic E-state index is 12.4. The molecule has 0 aliphatic carbocycles. The first kappa shape index (κ1) is 23.7. The van der Waals surface area contributed by atoms with Crippen molar-refractivity contribution in [2.75, 3.05) is 29.9 Å². The van der Waals surface area contributed by atoms with Crippen LogP contribution in [0.4, 0.5) is 17.2 Å². The molecule has 1 fully saturated rings. The average Bonchev–Trinajstić information content (AvgIpc) is 3.08. The molecule has 1 N–H and O–H groups in total. The number of carbonyl (C=O) groups excluding carboxylic acids is 2. The highest BCUT2D eigenvalue weighted by Gasteiger charge is 2.23. The molecule has 0 bridgehead atoms. The van der Waals surface area contributed by atoms with E-state index in [4.69, 9.17) is 4.74 Å². The molecule has 12 heteroatoms. The van der Waals surface area contributed by atoms with Gasteiger partial charge >= 0.3 is 11.7 Å². The number of anilines is 2. The van der Waals surface area contributed by atoms with Gasteiger partial charge in [-0.15, -0.1) is 0 Å². The summed E-state index contributed by atoms with van der Waals surface area (Å²) in [6, 6.07) is 5.16. The molecule has 0 radical (unpaired) electrons. The van der Waals surface area contributed by atoms with E-state index >= 15 is 0 Å². The highest BCUT2D eigenvalue weighted by molar-refractivity contribution is 5.95. The summed E-state index contributed by atoms with van der Waals surface area (Å²) in [6.07, 6.45) is 4.02. The van der Waals surface area contributed by atoms with Gasteiger partial charge in [0.25, 0.3) is 17.2 Å². The minimum absolute atomic E-state index is 0.0541. The van der Waals surface area contributed by atoms with E-state index in [1.807, 2.05) is 4.90 Å². The average molecular weight is 459 g/mol. The van der Waals surface area contributed by atoms with Crippen molar-refractivity contribution < 1.29 is 19.2 Å². The Kier molecular flexibility index (Phi) is 7.26. The van der Waals surface area contributed by atoms with Crippen molar-refractivity contribution in [2.24, 2.45) is 14.1 Å². The van der Waals surface area contributed by atoms with Crippen LogP contribution in [0.3, 0.4) is 0 Å². The summed E-state index contributed by atoms with van der Waals surface area (Å²) in [5, 5.41) is 13.9. The number of hydrogen-bond donors (Lipinski definition) is 1. The molecule has 1 aliphatic rings. The van der Waals surface area contributed by atoms with Gasteiger partial charge in [0, 0.05) is 39.3 Å². The van der Waals surface area contributed by atoms with Gasteiger partial charge in [0.05, 0.1) is 10.5 Å². The van der Waals surface area contributed by atoms with Crippen LogP contribution in [0.1, 0.15) is 36.0 Å². The van der Waals surface area contributed by atoms with E-state index in [1.165, 1.54) is 26.2 Å². The van der Waals surface area contributed by atoms with Crippen LogP contribution in [-0.2, 0) is 23.6 Å². The Morgan fingerprint density at radius 1 is 1.06 bits per heavy atom. The summed E-state index contributed by atoms with van der Waals surface area (Å²) in [4.78, 5) is 61.2. The summed E-state index contributed by atoms with van der Waals surface area (Å²) in [5.41, 5.74) is -1.06. The zero-order chi connectivity index (χ0) is 24.1. The predicted octanol–water partition coefficient (Wildman–Crippen LogP) is 1.17. The highest BCUT2D eigenvalue weighted by Crippen LogP contribution is 2.31. The van der Waals surface area contributed by atoms with Crippen molar-refractivity contribution in [3.05, 3.63) is 60.8 Å². The summed E-state index contributed by atoms with van der Waals surface area (Å²) < 4.78 is 6.90. The van der Waals surface area contributed by atoms with E-state index < -0.39 is 34.7 Å². The maximum Gasteiger partial charge on any atom is 0.338 e. The number of ether oxygens (including phenoxy) is 1. The Morgan fingerprint density at radius 2 is 1.73 bits per heavy atom. The lowest BCUT2D eigenvalue weighted by Crippen LogP contribution is -2.38. The molecular weight excluding hydrogens is 434 g/mol. The standard InChI is InChI=1S/C21H25N5O7/c1-23-17(12-19(28)24(2)21(23)30)22-18(27)13-33-20(29)14-7-8-15(16(11-14)26(31)32)25-9-5-3-4-6-10-25/h7-8,11-12H,3-6,9-10,13H2,1-2H3,(H,22,27). The third kappa shape index (κ3) is 5.45. The van der Waals surface area contributed by atoms with Crippen LogP contribution < -0.4 is 21.5 Å². The van der Waals surface area contributed by atoms with E-state index in [0.717, 1.165) is 47.0 Å². The number of nitro benzene ring substituents is 1. The second-order valence-electron chi connectivity index (χ2n) is 7.75. The van der Waals surface area contributed by atoms with Crippen molar-refractivity contribution >= 4 is 29.1 Å². The van der Waals surface area contributed by atoms with Crippen LogP contribution in [0.25, 0.3) is 0 Å². The summed E-state index contributed by atoms with van der Waals surface area (Å²) in [7, 11) is 2.67. The first-order chi connectivity index (χ1) is 15.7. The van der Waals surface area contributed by atoms with E-state index in [2.05, 4.69) is 5.32 Å². The van der Waals surface area contributed by atoms with Gasteiger partial charge in [-0.25, -0.2) is 9.59 Å². The molecule has 0 atom stereocenters. The van der Waals surface area contributed by atoms with Gasteiger partial charge in [0.1, 0.15) is 11.5 Å². The van der Waals surface area contributed by atoms with Gasteiger partial charge in [-0.3, -0.25) is 28.8 Å². The number of nitro groups is 1. The number of amides is 1. The molecule has 0 unspecified atom stereocenters. The number of esters is 1. The lowest BCUT2D eigenvalue weighted by atomic mass is 10.1. The van der Waals surface area contributed by atoms with Crippen LogP contribution in [0.5, 0.6) is 0 Å². The van der Waals surface area contributed by atoms with Gasteiger partial charge in [-0.1, -0.05) is 12.8 Å². The smallest absolute Gasteiger partial charge is 0.338 e. The number of aromatic nitrogens is 2. The number of hydrogen-bond acceptors (Lipinski definition) is 8. The summed E-state index contributed by atoms with van der Waals surface area (Å²) in [6.45, 7) is 0.704. The number of benzene rings is 1. The second kappa shape index (κ2) is 10.1. The third-order valence-electron chi connectivity index (χ3n) is 5.48. The Hall–Kier alpha value is -3.96. The van der Waals surface area contributed by atoms with Gasteiger partial charge in [-0.2, -0.15) is 0 Å². The first-order valence-electron chi connectivity index (χ1n) is 10.5. The van der Waals surface area contributed by atoms with Crippen molar-refractivity contribution in [3.8, 4) is 0 Å². The number of carbonyl (C=O) groups is 2. The maximum absolute atomic E-state index is 12.4. The van der Waals surface area contributed by atoms with E-state index in [0.29, 0.717) is 18.8 Å². The molecule has 1 aliphatic heterocycles. The van der Waals surface area contributed by atoms with Crippen molar-refractivity contribution in [3.63, 3.8) is 0 Å². The lowest BCUT2D eigenvalue weighted by Gasteiger charge is -2.22. The van der Waals surface area contributed by atoms with E-state index in [9.17, 15) is 29.3 Å². The van der Waals surface area contributed by atoms with Gasteiger partial charge in [0.2, 0.25) is 0 Å². The van der Waals surface area contributed by atoms with Crippen molar-refractivity contribution in [2.45, 2.75) is 25.7 Å². The van der Waals surface area contributed by atoms with Crippen LogP contribution in [0.15, 0.2) is 33.9 Å². The molecule has 12 nitrogen and oxygen atoms in total. The van der Waals surface area contributed by atoms with E-state index in [-0.39, 0.29) is 17.1 Å². The Bertz CT molecular complexity index is 1190. The van der Waals surface area contributed by atoms with Crippen molar-refractivity contribution in [1.82, 2.24) is 9.13 Å². The Morgan fingerprint density at radius 3 is 2.36 bits per heavy atom. The first-order valence-corrected chi connectivity index (χ1v) is 10.5. The third-order valence-corrected chi connectivity index (χ3v) is 5.48. The number of nitrogens with one attached hydrogen (secondary N) is 1. The minimum Gasteiger partial charge on any atom is -0.452 e. The van der Waals surface area contributed by atoms with Crippen molar-refractivity contribution in [1.29, 1.82) is 0 Å². The van der Waals surface area contributed by atoms with Crippen LogP contribution in [0, 0.1) is 10.1 Å². The molecule has 33 heavy (non-hydrogen) atoms. The fourth-order valence-corrected chi connectivity index (χ4v) is 3.62. The lowest BCUT2D eigenvalue weighted by molar-refractivity contribution is -0.384. The summed E-state index contributed by atoms with van der Waals surface area (Å²) >= 11 is 0. The fraction of sp³-hybridized carbons (Fsp3) is 0.429. The topological polar surface area (TPSA) is 146 Å². The second-order valence-corrected chi connectivity index (χ2v) is 7.75. The predicted molar refractivity (Wildman–Crippen MR) is 120 cm³/mol. The molecule has 2 heterocycles. The zero-order valence-corrected chi connectivity index (χ0v) is 18.4. The minimum atomic E-state index is -0.909. The number of nitrogens with zero attached hydrogens (tertiary/aromatic N) is 4.